The maximum atomic E-state index is 12.1. The molecule has 6 nitrogen and oxygen atoms in total. The normalized spacial score (nSPS) is 11.3. The van der Waals surface area contributed by atoms with E-state index in [2.05, 4.69) is 20.0 Å². The van der Waals surface area contributed by atoms with Crippen molar-refractivity contribution in [2.75, 3.05) is 6.61 Å². The van der Waals surface area contributed by atoms with Crippen molar-refractivity contribution in [1.82, 2.24) is 15.3 Å². The van der Waals surface area contributed by atoms with Gasteiger partial charge in [0.1, 0.15) is 0 Å². The molecule has 0 aliphatic rings. The van der Waals surface area contributed by atoms with Gasteiger partial charge in [0.05, 0.1) is 0 Å². The van der Waals surface area contributed by atoms with Crippen molar-refractivity contribution in [3.05, 3.63) is 53.5 Å². The maximum absolute atomic E-state index is 12.1. The van der Waals surface area contributed by atoms with E-state index in [0.29, 0.717) is 16.8 Å². The van der Waals surface area contributed by atoms with Crippen LogP contribution in [0.1, 0.15) is 42.4 Å². The molecule has 0 atom stereocenters. The van der Waals surface area contributed by atoms with Crippen molar-refractivity contribution in [2.45, 2.75) is 46.0 Å². The van der Waals surface area contributed by atoms with Crippen LogP contribution in [-0.2, 0) is 6.54 Å². The number of hydrogen-bond donors (Lipinski definition) is 2. The van der Waals surface area contributed by atoms with Crippen molar-refractivity contribution in [3.8, 4) is 5.88 Å². The molecule has 0 saturated heterocycles. The van der Waals surface area contributed by atoms with Gasteiger partial charge in [-0.15, -0.1) is 0 Å². The van der Waals surface area contributed by atoms with E-state index in [-0.39, 0.29) is 23.9 Å². The van der Waals surface area contributed by atoms with Crippen LogP contribution in [0.4, 0.5) is 13.2 Å². The fourth-order valence-corrected chi connectivity index (χ4v) is 1.77. The molecular formula is C19H25F3N4O2. The summed E-state index contributed by atoms with van der Waals surface area (Å²) in [6.45, 7) is 6.35. The first-order valence-electron chi connectivity index (χ1n) is 8.48. The molecule has 2 rings (SSSR count). The standard InChI is InChI=1S/C15H14F3N3O2.C4H11N/c1-10-12(2-3-13(21-10)23-9-15(16,17)18)8-20-14(22)11-4-6-19-7-5-11;1-4(2,3)5/h2-7H,8-9H2,1H3,(H,20,22);5H2,1-3H3. The average molecular weight is 398 g/mol. The summed E-state index contributed by atoms with van der Waals surface area (Å²) >= 11 is 0. The Bertz CT molecular complexity index is 754. The lowest BCUT2D eigenvalue weighted by atomic mass is 10.1. The molecule has 154 valence electrons. The van der Waals surface area contributed by atoms with Crippen LogP contribution >= 0.6 is 0 Å². The summed E-state index contributed by atoms with van der Waals surface area (Å²) in [6, 6.07) is 6.07. The maximum Gasteiger partial charge on any atom is 0.422 e. The lowest BCUT2D eigenvalue weighted by Crippen LogP contribution is -2.26. The van der Waals surface area contributed by atoms with Gasteiger partial charge in [0.25, 0.3) is 5.91 Å². The molecule has 2 aromatic heterocycles. The summed E-state index contributed by atoms with van der Waals surface area (Å²) in [5.41, 5.74) is 7.00. The van der Waals surface area contributed by atoms with Gasteiger partial charge in [-0.25, -0.2) is 4.98 Å². The first-order chi connectivity index (χ1) is 12.8. The number of ether oxygens (including phenoxy) is 1. The number of aryl methyl sites for hydroxylation is 1. The Morgan fingerprint density at radius 2 is 1.71 bits per heavy atom. The second-order valence-corrected chi connectivity index (χ2v) is 7.08. The third-order valence-electron chi connectivity index (χ3n) is 2.94. The SMILES string of the molecule is CC(C)(C)N.Cc1nc(OCC(F)(F)F)ccc1CNC(=O)c1ccncc1. The Labute approximate surface area is 162 Å². The zero-order valence-electron chi connectivity index (χ0n) is 16.3. The highest BCUT2D eigenvalue weighted by atomic mass is 19.4. The van der Waals surface area contributed by atoms with Crippen LogP contribution < -0.4 is 15.8 Å². The van der Waals surface area contributed by atoms with Gasteiger partial charge >= 0.3 is 6.18 Å². The molecule has 9 heteroatoms. The number of halogens is 3. The molecular weight excluding hydrogens is 373 g/mol. The van der Waals surface area contributed by atoms with Gasteiger partial charge in [-0.2, -0.15) is 13.2 Å². The Morgan fingerprint density at radius 3 is 2.21 bits per heavy atom. The molecule has 1 amide bonds. The highest BCUT2D eigenvalue weighted by Gasteiger charge is 2.28. The number of alkyl halides is 3. The van der Waals surface area contributed by atoms with Crippen LogP contribution in [0.3, 0.4) is 0 Å². The van der Waals surface area contributed by atoms with Gasteiger partial charge in [0.15, 0.2) is 6.61 Å². The quantitative estimate of drug-likeness (QED) is 0.806. The van der Waals surface area contributed by atoms with Crippen LogP contribution in [0, 0.1) is 6.92 Å². The number of nitrogens with one attached hydrogen (secondary N) is 1. The monoisotopic (exact) mass is 398 g/mol. The molecule has 28 heavy (non-hydrogen) atoms. The number of amides is 1. The van der Waals surface area contributed by atoms with Gasteiger partial charge < -0.3 is 15.8 Å². The summed E-state index contributed by atoms with van der Waals surface area (Å²) in [5, 5.41) is 2.70. The summed E-state index contributed by atoms with van der Waals surface area (Å²) in [6.07, 6.45) is -1.39. The fourth-order valence-electron chi connectivity index (χ4n) is 1.77. The van der Waals surface area contributed by atoms with E-state index in [1.807, 2.05) is 20.8 Å². The van der Waals surface area contributed by atoms with Gasteiger partial charge in [-0.3, -0.25) is 9.78 Å². The van der Waals surface area contributed by atoms with Gasteiger partial charge in [-0.05, 0) is 45.4 Å². The molecule has 0 radical (unpaired) electrons. The minimum Gasteiger partial charge on any atom is -0.468 e. The fraction of sp³-hybridized carbons (Fsp3) is 0.421. The molecule has 0 aliphatic carbocycles. The van der Waals surface area contributed by atoms with E-state index in [9.17, 15) is 18.0 Å². The molecule has 3 N–H and O–H groups in total. The average Bonchev–Trinajstić information content (AvgIpc) is 2.57. The number of pyridine rings is 2. The zero-order valence-corrected chi connectivity index (χ0v) is 16.3. The van der Waals surface area contributed by atoms with Gasteiger partial charge in [-0.1, -0.05) is 6.07 Å². The molecule has 0 fully saturated rings. The second-order valence-electron chi connectivity index (χ2n) is 7.08. The zero-order chi connectivity index (χ0) is 21.4. The summed E-state index contributed by atoms with van der Waals surface area (Å²) in [7, 11) is 0. The topological polar surface area (TPSA) is 90.1 Å². The van der Waals surface area contributed by atoms with Crippen molar-refractivity contribution >= 4 is 5.91 Å². The lowest BCUT2D eigenvalue weighted by molar-refractivity contribution is -0.154. The Hall–Kier alpha value is -2.68. The van der Waals surface area contributed by atoms with E-state index in [4.69, 9.17) is 5.73 Å². The minimum atomic E-state index is -4.41. The van der Waals surface area contributed by atoms with Crippen LogP contribution in [0.5, 0.6) is 5.88 Å². The first-order valence-corrected chi connectivity index (χ1v) is 8.48. The molecule has 0 spiro atoms. The molecule has 0 aliphatic heterocycles. The second kappa shape index (κ2) is 10.0. The highest BCUT2D eigenvalue weighted by molar-refractivity contribution is 5.93. The van der Waals surface area contributed by atoms with Crippen LogP contribution in [0.2, 0.25) is 0 Å². The van der Waals surface area contributed by atoms with E-state index in [1.165, 1.54) is 18.5 Å². The largest absolute Gasteiger partial charge is 0.468 e. The first kappa shape index (κ1) is 23.4. The Balaban J connectivity index is 0.000000696. The highest BCUT2D eigenvalue weighted by Crippen LogP contribution is 2.18. The van der Waals surface area contributed by atoms with Crippen LogP contribution in [0.15, 0.2) is 36.7 Å². The van der Waals surface area contributed by atoms with Crippen molar-refractivity contribution in [3.63, 3.8) is 0 Å². The predicted octanol–water partition coefficient (Wildman–Crippen LogP) is 3.40. The number of hydrogen-bond acceptors (Lipinski definition) is 5. The third kappa shape index (κ3) is 10.5. The van der Waals surface area contributed by atoms with Crippen molar-refractivity contribution < 1.29 is 22.7 Å². The van der Waals surface area contributed by atoms with E-state index in [0.717, 1.165) is 0 Å². The molecule has 0 bridgehead atoms. The molecule has 0 aromatic carbocycles. The van der Waals surface area contributed by atoms with E-state index < -0.39 is 12.8 Å². The number of nitrogens with zero attached hydrogens (tertiary/aromatic N) is 2. The Kier molecular flexibility index (Phi) is 8.36. The third-order valence-corrected chi connectivity index (χ3v) is 2.94. The van der Waals surface area contributed by atoms with Crippen LogP contribution in [-0.4, -0.2) is 34.2 Å². The van der Waals surface area contributed by atoms with Gasteiger partial charge in [0, 0.05) is 41.8 Å². The molecule has 2 aromatic rings. The number of aromatic nitrogens is 2. The summed E-state index contributed by atoms with van der Waals surface area (Å²) in [5.74, 6) is -0.381. The van der Waals surface area contributed by atoms with Crippen molar-refractivity contribution in [2.24, 2.45) is 5.73 Å². The molecule has 2 heterocycles. The summed E-state index contributed by atoms with van der Waals surface area (Å²) in [4.78, 5) is 19.7. The minimum absolute atomic E-state index is 0. The number of carbonyl (C=O) groups is 1. The summed E-state index contributed by atoms with van der Waals surface area (Å²) < 4.78 is 40.8. The Morgan fingerprint density at radius 1 is 1.14 bits per heavy atom. The van der Waals surface area contributed by atoms with Crippen LogP contribution in [0.25, 0.3) is 0 Å². The number of rotatable bonds is 5. The van der Waals surface area contributed by atoms with E-state index in [1.54, 1.807) is 25.1 Å². The van der Waals surface area contributed by atoms with Gasteiger partial charge in [0.2, 0.25) is 5.88 Å². The smallest absolute Gasteiger partial charge is 0.422 e. The number of nitrogens with two attached hydrogens (primary N) is 1. The number of carbonyl (C=O) groups excluding carboxylic acids is 1. The molecule has 0 unspecified atom stereocenters. The lowest BCUT2D eigenvalue weighted by Gasteiger charge is -2.11. The predicted molar refractivity (Wildman–Crippen MR) is 99.9 cm³/mol. The van der Waals surface area contributed by atoms with Crippen molar-refractivity contribution in [1.29, 1.82) is 0 Å². The molecule has 0 saturated carbocycles. The van der Waals surface area contributed by atoms with E-state index >= 15 is 0 Å².